The van der Waals surface area contributed by atoms with Crippen molar-refractivity contribution in [3.8, 4) is 0 Å². The van der Waals surface area contributed by atoms with Crippen LogP contribution in [0.1, 0.15) is 43.1 Å². The molecule has 0 atom stereocenters. The molecule has 0 saturated heterocycles. The second-order valence-electron chi connectivity index (χ2n) is 8.04. The molecule has 0 unspecified atom stereocenters. The van der Waals surface area contributed by atoms with E-state index in [0.29, 0.717) is 36.2 Å². The molecule has 160 valence electrons. The molecule has 7 heteroatoms. The molecule has 2 aromatic carbocycles. The first-order valence-electron chi connectivity index (χ1n) is 10.4. The monoisotopic (exact) mass is 418 g/mol. The standard InChI is InChI=1S/C24H26N4O3/c1-27(2)12-5-11-25-22(29)16-8-9-19-20(14-16)24(31)28(23(19)30)13-10-17-15-26-21-7-4-3-6-18(17)21/h3-4,6-9,14-15,26H,5,10-13H2,1-2H3,(H,25,29). The summed E-state index contributed by atoms with van der Waals surface area (Å²) in [5.41, 5.74) is 3.13. The number of hydrogen-bond donors (Lipinski definition) is 2. The Labute approximate surface area is 181 Å². The Kier molecular flexibility index (Phi) is 5.86. The van der Waals surface area contributed by atoms with Crippen LogP contribution in [0, 0.1) is 0 Å². The number of aromatic nitrogens is 1. The molecule has 0 saturated carbocycles. The van der Waals surface area contributed by atoms with Crippen LogP contribution in [0.25, 0.3) is 10.9 Å². The zero-order valence-electron chi connectivity index (χ0n) is 17.8. The molecule has 3 amide bonds. The van der Waals surface area contributed by atoms with Crippen molar-refractivity contribution in [3.63, 3.8) is 0 Å². The van der Waals surface area contributed by atoms with E-state index in [1.165, 1.54) is 11.0 Å². The van der Waals surface area contributed by atoms with E-state index < -0.39 is 0 Å². The van der Waals surface area contributed by atoms with Gasteiger partial charge in [-0.25, -0.2) is 0 Å². The molecule has 1 aromatic heterocycles. The van der Waals surface area contributed by atoms with Crippen molar-refractivity contribution in [1.29, 1.82) is 0 Å². The van der Waals surface area contributed by atoms with Gasteiger partial charge in [0.1, 0.15) is 0 Å². The normalized spacial score (nSPS) is 13.3. The minimum absolute atomic E-state index is 0.237. The largest absolute Gasteiger partial charge is 0.361 e. The number of hydrogen-bond acceptors (Lipinski definition) is 4. The summed E-state index contributed by atoms with van der Waals surface area (Å²) >= 11 is 0. The Bertz CT molecular complexity index is 1150. The summed E-state index contributed by atoms with van der Waals surface area (Å²) in [5.74, 6) is -0.890. The van der Waals surface area contributed by atoms with Crippen LogP contribution in [0.4, 0.5) is 0 Å². The Morgan fingerprint density at radius 3 is 2.65 bits per heavy atom. The molecule has 3 aromatic rings. The third kappa shape index (κ3) is 4.22. The number of carbonyl (C=O) groups is 3. The minimum Gasteiger partial charge on any atom is -0.361 e. The third-order valence-corrected chi connectivity index (χ3v) is 5.58. The molecule has 31 heavy (non-hydrogen) atoms. The molecule has 4 rings (SSSR count). The van der Waals surface area contributed by atoms with Crippen molar-refractivity contribution in [3.05, 3.63) is 70.9 Å². The first kappa shape index (κ1) is 20.8. The van der Waals surface area contributed by atoms with Gasteiger partial charge in [-0.3, -0.25) is 19.3 Å². The van der Waals surface area contributed by atoms with E-state index in [4.69, 9.17) is 0 Å². The van der Waals surface area contributed by atoms with E-state index in [1.54, 1.807) is 12.1 Å². The SMILES string of the molecule is CN(C)CCCNC(=O)c1ccc2c(c1)C(=O)N(CCc1c[nH]c3ccccc13)C2=O. The lowest BCUT2D eigenvalue weighted by Gasteiger charge is -2.13. The number of H-pyrrole nitrogens is 1. The number of benzene rings is 2. The summed E-state index contributed by atoms with van der Waals surface area (Å²) in [6.45, 7) is 1.72. The highest BCUT2D eigenvalue weighted by Crippen LogP contribution is 2.25. The van der Waals surface area contributed by atoms with Crippen LogP contribution in [-0.2, 0) is 6.42 Å². The topological polar surface area (TPSA) is 85.5 Å². The zero-order chi connectivity index (χ0) is 22.0. The lowest BCUT2D eigenvalue weighted by Crippen LogP contribution is -2.31. The van der Waals surface area contributed by atoms with Gasteiger partial charge in [0.05, 0.1) is 11.1 Å². The number of fused-ring (bicyclic) bond motifs is 2. The summed E-state index contributed by atoms with van der Waals surface area (Å²) in [5, 5.41) is 3.95. The van der Waals surface area contributed by atoms with Gasteiger partial charge < -0.3 is 15.2 Å². The maximum atomic E-state index is 12.9. The fraction of sp³-hybridized carbons (Fsp3) is 0.292. The predicted octanol–water partition coefficient (Wildman–Crippen LogP) is 2.69. The second kappa shape index (κ2) is 8.73. The smallest absolute Gasteiger partial charge is 0.261 e. The zero-order valence-corrected chi connectivity index (χ0v) is 17.8. The number of nitrogens with one attached hydrogen (secondary N) is 2. The number of para-hydroxylation sites is 1. The molecule has 1 aliphatic rings. The highest BCUT2D eigenvalue weighted by Gasteiger charge is 2.35. The molecule has 0 aliphatic carbocycles. The fourth-order valence-corrected chi connectivity index (χ4v) is 3.91. The van der Waals surface area contributed by atoms with E-state index in [9.17, 15) is 14.4 Å². The molecular weight excluding hydrogens is 392 g/mol. The van der Waals surface area contributed by atoms with Crippen molar-refractivity contribution < 1.29 is 14.4 Å². The van der Waals surface area contributed by atoms with E-state index in [0.717, 1.165) is 29.4 Å². The molecule has 2 N–H and O–H groups in total. The summed E-state index contributed by atoms with van der Waals surface area (Å²) < 4.78 is 0. The lowest BCUT2D eigenvalue weighted by molar-refractivity contribution is 0.0656. The Morgan fingerprint density at radius 1 is 1.06 bits per heavy atom. The highest BCUT2D eigenvalue weighted by atomic mass is 16.2. The van der Waals surface area contributed by atoms with Gasteiger partial charge in [-0.15, -0.1) is 0 Å². The maximum absolute atomic E-state index is 12.9. The highest BCUT2D eigenvalue weighted by molar-refractivity contribution is 6.22. The van der Waals surface area contributed by atoms with Gasteiger partial charge in [0.2, 0.25) is 0 Å². The Morgan fingerprint density at radius 2 is 1.84 bits per heavy atom. The van der Waals surface area contributed by atoms with Crippen molar-refractivity contribution in [2.45, 2.75) is 12.8 Å². The number of aromatic amines is 1. The summed E-state index contributed by atoms with van der Waals surface area (Å²) in [4.78, 5) is 44.6. The number of amides is 3. The van der Waals surface area contributed by atoms with Crippen LogP contribution in [0.2, 0.25) is 0 Å². The average Bonchev–Trinajstić information content (AvgIpc) is 3.28. The van der Waals surface area contributed by atoms with E-state index >= 15 is 0 Å². The number of carbonyl (C=O) groups excluding carboxylic acids is 3. The maximum Gasteiger partial charge on any atom is 0.261 e. The van der Waals surface area contributed by atoms with E-state index in [2.05, 4.69) is 15.2 Å². The van der Waals surface area contributed by atoms with Crippen LogP contribution in [0.5, 0.6) is 0 Å². The first-order valence-corrected chi connectivity index (χ1v) is 10.4. The van der Waals surface area contributed by atoms with Crippen molar-refractivity contribution in [2.24, 2.45) is 0 Å². The summed E-state index contributed by atoms with van der Waals surface area (Å²) in [6.07, 6.45) is 3.32. The van der Waals surface area contributed by atoms with Gasteiger partial charge in [0, 0.05) is 35.8 Å². The van der Waals surface area contributed by atoms with E-state index in [1.807, 2.05) is 44.6 Å². The van der Waals surface area contributed by atoms with Gasteiger partial charge >= 0.3 is 0 Å². The lowest BCUT2D eigenvalue weighted by atomic mass is 10.1. The van der Waals surface area contributed by atoms with Gasteiger partial charge in [-0.1, -0.05) is 18.2 Å². The number of nitrogens with zero attached hydrogens (tertiary/aromatic N) is 2. The molecule has 0 fully saturated rings. The second-order valence-corrected chi connectivity index (χ2v) is 8.04. The molecule has 1 aliphatic heterocycles. The summed E-state index contributed by atoms with van der Waals surface area (Å²) in [7, 11) is 3.96. The first-order chi connectivity index (χ1) is 15.0. The third-order valence-electron chi connectivity index (χ3n) is 5.58. The number of rotatable bonds is 8. The van der Waals surface area contributed by atoms with Crippen molar-refractivity contribution in [2.75, 3.05) is 33.7 Å². The number of imide groups is 1. The van der Waals surface area contributed by atoms with Crippen LogP contribution >= 0.6 is 0 Å². The van der Waals surface area contributed by atoms with Gasteiger partial charge in [0.15, 0.2) is 0 Å². The Balaban J connectivity index is 1.43. The molecule has 0 spiro atoms. The molecule has 2 heterocycles. The molecular formula is C24H26N4O3. The quantitative estimate of drug-likeness (QED) is 0.435. The molecule has 0 radical (unpaired) electrons. The van der Waals surface area contributed by atoms with E-state index in [-0.39, 0.29) is 17.7 Å². The van der Waals surface area contributed by atoms with Gasteiger partial charge in [-0.05, 0) is 63.3 Å². The fourth-order valence-electron chi connectivity index (χ4n) is 3.91. The minimum atomic E-state index is -0.345. The average molecular weight is 418 g/mol. The summed E-state index contributed by atoms with van der Waals surface area (Å²) in [6, 6.07) is 12.7. The molecule has 0 bridgehead atoms. The molecule has 7 nitrogen and oxygen atoms in total. The van der Waals surface area contributed by atoms with Crippen LogP contribution in [0.3, 0.4) is 0 Å². The van der Waals surface area contributed by atoms with Crippen LogP contribution in [-0.4, -0.2) is 66.2 Å². The Hall–Kier alpha value is -3.45. The van der Waals surface area contributed by atoms with Gasteiger partial charge in [-0.2, -0.15) is 0 Å². The van der Waals surface area contributed by atoms with Gasteiger partial charge in [0.25, 0.3) is 17.7 Å². The van der Waals surface area contributed by atoms with Crippen molar-refractivity contribution in [1.82, 2.24) is 20.1 Å². The van der Waals surface area contributed by atoms with Crippen LogP contribution < -0.4 is 5.32 Å². The predicted molar refractivity (Wildman–Crippen MR) is 119 cm³/mol. The van der Waals surface area contributed by atoms with Crippen molar-refractivity contribution >= 4 is 28.6 Å². The van der Waals surface area contributed by atoms with Crippen LogP contribution in [0.15, 0.2) is 48.7 Å².